The molecule has 3 rings (SSSR count). The van der Waals surface area contributed by atoms with Crippen LogP contribution in [-0.2, 0) is 41.9 Å². The first-order valence-electron chi connectivity index (χ1n) is 14.6. The fourth-order valence-corrected chi connectivity index (χ4v) is 6.53. The summed E-state index contributed by atoms with van der Waals surface area (Å²) >= 11 is 0. The number of rotatable bonds is 13. The van der Waals surface area contributed by atoms with Gasteiger partial charge in [-0.1, -0.05) is 23.8 Å². The summed E-state index contributed by atoms with van der Waals surface area (Å²) in [4.78, 5) is 4.57. The zero-order valence-electron chi connectivity index (χ0n) is 26.8. The van der Waals surface area contributed by atoms with Gasteiger partial charge in [0.2, 0.25) is 0 Å². The Morgan fingerprint density at radius 3 is 2.18 bits per heavy atom. The maximum Gasteiger partial charge on any atom is 0.475 e. The van der Waals surface area contributed by atoms with Gasteiger partial charge in [-0.3, -0.25) is 13.6 Å². The van der Waals surface area contributed by atoms with Crippen molar-refractivity contribution < 1.29 is 45.2 Å². The molecule has 7 nitrogen and oxygen atoms in total. The van der Waals surface area contributed by atoms with E-state index < -0.39 is 36.3 Å². The fraction of sp³-hybridized carbons (Fsp3) is 0.594. The predicted molar refractivity (Wildman–Crippen MR) is 162 cm³/mol. The van der Waals surface area contributed by atoms with Gasteiger partial charge in [0, 0.05) is 6.92 Å². The van der Waals surface area contributed by atoms with Crippen LogP contribution in [0.15, 0.2) is 41.4 Å². The van der Waals surface area contributed by atoms with Crippen LogP contribution in [0.5, 0.6) is 5.75 Å². The third-order valence-corrected chi connectivity index (χ3v) is 8.47. The predicted octanol–water partition coefficient (Wildman–Crippen LogP) is 9.04. The highest BCUT2D eigenvalue weighted by Gasteiger charge is 2.43. The van der Waals surface area contributed by atoms with Gasteiger partial charge in [0.25, 0.3) is 0 Å². The largest absolute Gasteiger partial charge is 0.493 e. The first kappa shape index (κ1) is 36.0. The van der Waals surface area contributed by atoms with Crippen LogP contribution in [-0.4, -0.2) is 42.5 Å². The van der Waals surface area contributed by atoms with Gasteiger partial charge in [-0.05, 0) is 103 Å². The number of aliphatic imine (C=N–C) groups is 1. The average Bonchev–Trinajstić information content (AvgIpc) is 3.24. The molecule has 0 amide bonds. The summed E-state index contributed by atoms with van der Waals surface area (Å²) in [6, 6.07) is 8.70. The first-order chi connectivity index (χ1) is 20.2. The Hall–Kier alpha value is -2.46. The van der Waals surface area contributed by atoms with E-state index in [-0.39, 0.29) is 44.2 Å². The van der Waals surface area contributed by atoms with Crippen LogP contribution < -0.4 is 4.74 Å². The zero-order chi connectivity index (χ0) is 33.0. The highest BCUT2D eigenvalue weighted by molar-refractivity contribution is 7.48. The molecule has 0 radical (unpaired) electrons. The Bertz CT molecular complexity index is 1350. The van der Waals surface area contributed by atoms with Crippen molar-refractivity contribution in [3.8, 4) is 5.75 Å². The molecule has 0 N–H and O–H groups in total. The van der Waals surface area contributed by atoms with Crippen LogP contribution in [0.25, 0.3) is 0 Å². The molecule has 246 valence electrons. The number of nitrogens with zero attached hydrogens (tertiary/aromatic N) is 1. The van der Waals surface area contributed by atoms with Gasteiger partial charge in [0.15, 0.2) is 5.90 Å². The SMILES string of the molecule is CC1=NC(CCc2ccc(OCCCc3cc(C)ccc3F)c(C(F)(F)F)c2)(COP(=O)(OC(C)(C)C)OC(C)(C)C)CO1. The van der Waals surface area contributed by atoms with Crippen molar-refractivity contribution in [1.29, 1.82) is 0 Å². The standard InChI is InChI=1S/C32H44F4NO6P/c1-22-11-13-27(33)25(18-22)10-9-17-39-28-14-12-24(19-26(28)32(34,35)36)15-16-31(20-40-23(2)37-31)21-41-44(38,42-29(3,4)5)43-30(6,7)8/h11-14,18-19H,9-10,15-17,20-21H2,1-8H3. The van der Waals surface area contributed by atoms with Gasteiger partial charge in [0.05, 0.1) is 30.0 Å². The maximum absolute atomic E-state index is 14.0. The highest BCUT2D eigenvalue weighted by Crippen LogP contribution is 2.56. The van der Waals surface area contributed by atoms with E-state index in [1.165, 1.54) is 12.1 Å². The fourth-order valence-electron chi connectivity index (χ4n) is 4.65. The molecule has 1 unspecified atom stereocenters. The second-order valence-electron chi connectivity index (χ2n) is 13.1. The first-order valence-corrected chi connectivity index (χ1v) is 16.1. The Morgan fingerprint density at radius 2 is 1.61 bits per heavy atom. The molecule has 12 heteroatoms. The molecule has 0 saturated carbocycles. The van der Waals surface area contributed by atoms with E-state index in [2.05, 4.69) is 4.99 Å². The Labute approximate surface area is 257 Å². The van der Waals surface area contributed by atoms with E-state index in [1.54, 1.807) is 66.7 Å². The van der Waals surface area contributed by atoms with E-state index in [1.807, 2.05) is 6.92 Å². The van der Waals surface area contributed by atoms with E-state index in [0.29, 0.717) is 29.9 Å². The van der Waals surface area contributed by atoms with Crippen molar-refractivity contribution in [2.45, 2.75) is 104 Å². The molecule has 1 heterocycles. The number of hydrogen-bond acceptors (Lipinski definition) is 7. The molecule has 0 spiro atoms. The number of alkyl halides is 3. The minimum atomic E-state index is -4.65. The van der Waals surface area contributed by atoms with E-state index >= 15 is 0 Å². The molecule has 1 aliphatic heterocycles. The van der Waals surface area contributed by atoms with E-state index in [9.17, 15) is 22.1 Å². The van der Waals surface area contributed by atoms with Gasteiger partial charge >= 0.3 is 14.0 Å². The molecule has 0 aliphatic carbocycles. The Morgan fingerprint density at radius 1 is 0.955 bits per heavy atom. The number of phosphoric acid groups is 1. The molecule has 0 bridgehead atoms. The normalized spacial score (nSPS) is 17.9. The van der Waals surface area contributed by atoms with Crippen molar-refractivity contribution in [2.75, 3.05) is 19.8 Å². The summed E-state index contributed by atoms with van der Waals surface area (Å²) in [7, 11) is -4.06. The number of hydrogen-bond donors (Lipinski definition) is 0. The molecule has 1 atom stereocenters. The van der Waals surface area contributed by atoms with Crippen molar-refractivity contribution in [2.24, 2.45) is 4.99 Å². The van der Waals surface area contributed by atoms with Gasteiger partial charge in [-0.25, -0.2) is 13.9 Å². The Kier molecular flexibility index (Phi) is 11.4. The van der Waals surface area contributed by atoms with Crippen molar-refractivity contribution in [3.05, 3.63) is 64.5 Å². The second kappa shape index (κ2) is 13.9. The number of ether oxygens (including phenoxy) is 2. The second-order valence-corrected chi connectivity index (χ2v) is 14.7. The zero-order valence-corrected chi connectivity index (χ0v) is 27.7. The third-order valence-electron chi connectivity index (χ3n) is 6.48. The van der Waals surface area contributed by atoms with Crippen LogP contribution in [0.4, 0.5) is 17.6 Å². The van der Waals surface area contributed by atoms with Crippen LogP contribution in [0.2, 0.25) is 0 Å². The van der Waals surface area contributed by atoms with Gasteiger partial charge in [-0.15, -0.1) is 0 Å². The molecule has 2 aromatic rings. The maximum atomic E-state index is 14.0. The smallest absolute Gasteiger partial charge is 0.475 e. The minimum absolute atomic E-state index is 0.00504. The lowest BCUT2D eigenvalue weighted by molar-refractivity contribution is -0.139. The van der Waals surface area contributed by atoms with Crippen LogP contribution in [0, 0.1) is 12.7 Å². The monoisotopic (exact) mass is 645 g/mol. The summed E-state index contributed by atoms with van der Waals surface area (Å²) in [6.07, 6.45) is -3.52. The van der Waals surface area contributed by atoms with Crippen molar-refractivity contribution >= 4 is 13.7 Å². The molecular weight excluding hydrogens is 601 g/mol. The molecule has 0 fully saturated rings. The van der Waals surface area contributed by atoms with Gasteiger partial charge in [-0.2, -0.15) is 13.2 Å². The molecule has 44 heavy (non-hydrogen) atoms. The van der Waals surface area contributed by atoms with Crippen LogP contribution in [0.1, 0.15) is 83.6 Å². The topological polar surface area (TPSA) is 75.6 Å². The molecule has 0 saturated heterocycles. The summed E-state index contributed by atoms with van der Waals surface area (Å²) in [5.41, 5.74) is -1.78. The average molecular weight is 646 g/mol. The number of phosphoric ester groups is 1. The summed E-state index contributed by atoms with van der Waals surface area (Å²) < 4.78 is 98.1. The number of aryl methyl sites for hydroxylation is 3. The van der Waals surface area contributed by atoms with Crippen LogP contribution >= 0.6 is 7.82 Å². The summed E-state index contributed by atoms with van der Waals surface area (Å²) in [5, 5.41) is 0. The van der Waals surface area contributed by atoms with Crippen molar-refractivity contribution in [3.63, 3.8) is 0 Å². The van der Waals surface area contributed by atoms with Crippen LogP contribution in [0.3, 0.4) is 0 Å². The van der Waals surface area contributed by atoms with E-state index in [4.69, 9.17) is 23.0 Å². The number of halogens is 4. The summed E-state index contributed by atoms with van der Waals surface area (Å²) in [5.74, 6) is -0.249. The summed E-state index contributed by atoms with van der Waals surface area (Å²) in [6.45, 7) is 13.8. The molecule has 0 aromatic heterocycles. The van der Waals surface area contributed by atoms with Gasteiger partial charge < -0.3 is 9.47 Å². The highest BCUT2D eigenvalue weighted by atomic mass is 31.2. The lowest BCUT2D eigenvalue weighted by atomic mass is 9.93. The molecule has 2 aromatic carbocycles. The Balaban J connectivity index is 1.72. The number of benzene rings is 2. The van der Waals surface area contributed by atoms with Gasteiger partial charge in [0.1, 0.15) is 23.7 Å². The lowest BCUT2D eigenvalue weighted by Crippen LogP contribution is -2.36. The lowest BCUT2D eigenvalue weighted by Gasteiger charge is -2.33. The quantitative estimate of drug-likeness (QED) is 0.123. The third kappa shape index (κ3) is 11.2. The van der Waals surface area contributed by atoms with Crippen molar-refractivity contribution in [1.82, 2.24) is 0 Å². The van der Waals surface area contributed by atoms with E-state index in [0.717, 1.165) is 11.6 Å². The molecular formula is C32H44F4NO6P. The minimum Gasteiger partial charge on any atom is -0.493 e. The molecule has 1 aliphatic rings.